The van der Waals surface area contributed by atoms with Gasteiger partial charge in [-0.05, 0) is 112 Å². The minimum absolute atomic E-state index is 0.128. The van der Waals surface area contributed by atoms with E-state index in [1.54, 1.807) is 0 Å². The Morgan fingerprint density at radius 1 is 0.523 bits per heavy atom. The Bertz CT molecular complexity index is 4090. The summed E-state index contributed by atoms with van der Waals surface area (Å²) in [5.41, 5.74) is -1.86. The van der Waals surface area contributed by atoms with Crippen molar-refractivity contribution in [3.8, 4) is 80.1 Å². The van der Waals surface area contributed by atoms with Crippen LogP contribution in [0.3, 0.4) is 0 Å². The Hall–Kier alpha value is -10.5. The maximum Gasteiger partial charge on any atom is 0.330 e. The fourth-order valence-corrected chi connectivity index (χ4v) is 11.1. The maximum absolute atomic E-state index is 15.7. The summed E-state index contributed by atoms with van der Waals surface area (Å²) < 4.78 is 18.5. The number of carboxylic acids is 1. The number of aromatic hydroxyl groups is 6. The number of benzene rings is 7. The second-order valence-electron chi connectivity index (χ2n) is 20.8. The molecule has 0 saturated heterocycles. The second-order valence-corrected chi connectivity index (χ2v) is 21.6. The van der Waals surface area contributed by atoms with E-state index >= 15 is 14.4 Å². The van der Waals surface area contributed by atoms with E-state index in [0.29, 0.717) is 11.1 Å². The average Bonchev–Trinajstić information content (AvgIpc) is 2.26. The van der Waals surface area contributed by atoms with Crippen molar-refractivity contribution >= 4 is 64.6 Å². The lowest BCUT2D eigenvalue weighted by Crippen LogP contribution is -2.55. The number of fused-ring (bicyclic) bond motifs is 14. The molecule has 452 valence electrons. The molecule has 0 radical (unpaired) electrons. The fraction of sp³-hybridized carbons (Fsp3) is 0.183. The molecule has 7 aromatic rings. The maximum atomic E-state index is 15.7. The van der Waals surface area contributed by atoms with Crippen molar-refractivity contribution in [2.75, 3.05) is 13.2 Å². The summed E-state index contributed by atoms with van der Waals surface area (Å²) in [6, 6.07) is 8.92. The first-order chi connectivity index (χ1) is 42.0. The number of ether oxygens (including phenoxy) is 3. The number of hydrogen-bond donors (Lipinski definition) is 16. The van der Waals surface area contributed by atoms with Crippen LogP contribution in [0.2, 0.25) is 10.0 Å². The van der Waals surface area contributed by atoms with Gasteiger partial charge in [0.1, 0.15) is 76.6 Å². The molecule has 0 fully saturated rings. The van der Waals surface area contributed by atoms with Crippen molar-refractivity contribution in [2.24, 2.45) is 0 Å². The summed E-state index contributed by atoms with van der Waals surface area (Å²) in [5.74, 6) is -14.8. The Labute approximate surface area is 505 Å². The highest BCUT2D eigenvalue weighted by Gasteiger charge is 2.41. The van der Waals surface area contributed by atoms with E-state index in [-0.39, 0.29) is 61.7 Å². The van der Waals surface area contributed by atoms with E-state index in [4.69, 9.17) is 37.4 Å². The van der Waals surface area contributed by atoms with Crippen molar-refractivity contribution in [3.05, 3.63) is 164 Å². The van der Waals surface area contributed by atoms with Crippen molar-refractivity contribution < 1.29 is 93.7 Å². The van der Waals surface area contributed by atoms with E-state index in [1.165, 1.54) is 54.6 Å². The predicted octanol–water partition coefficient (Wildman–Crippen LogP) is 4.61. The molecule has 6 aliphatic heterocycles. The molecule has 6 amide bonds. The van der Waals surface area contributed by atoms with Gasteiger partial charge in [0, 0.05) is 35.2 Å². The summed E-state index contributed by atoms with van der Waals surface area (Å²) in [5, 5.41) is 118. The number of aliphatic carboxylic acids is 1. The van der Waals surface area contributed by atoms with Gasteiger partial charge in [0.15, 0.2) is 29.0 Å². The lowest BCUT2D eigenvalue weighted by Gasteiger charge is -2.31. The van der Waals surface area contributed by atoms with E-state index in [1.807, 2.05) is 0 Å². The van der Waals surface area contributed by atoms with Gasteiger partial charge >= 0.3 is 5.97 Å². The molecule has 6 aliphatic rings. The van der Waals surface area contributed by atoms with Gasteiger partial charge in [-0.25, -0.2) is 4.79 Å². The fourth-order valence-electron chi connectivity index (χ4n) is 10.6. The molecule has 17 bridgehead atoms. The molecule has 0 spiro atoms. The van der Waals surface area contributed by atoms with Crippen molar-refractivity contribution in [1.82, 2.24) is 37.2 Å². The summed E-state index contributed by atoms with van der Waals surface area (Å²) >= 11 is 13.7. The highest BCUT2D eigenvalue weighted by atomic mass is 35.5. The number of hydrogen-bond acceptors (Lipinski definition) is 19. The molecular weight excluding hydrogens is 1190 g/mol. The third-order valence-electron chi connectivity index (χ3n) is 14.9. The van der Waals surface area contributed by atoms with Crippen LogP contribution in [0.25, 0.3) is 11.1 Å². The Balaban J connectivity index is 1.14. The predicted molar refractivity (Wildman–Crippen MR) is 306 cm³/mol. The molecule has 13 rings (SSSR count). The number of aliphatic hydroxyl groups is 2. The Kier molecular flexibility index (Phi) is 16.0. The lowest BCUT2D eigenvalue weighted by atomic mass is 9.89. The molecule has 0 aromatic heterocycles. The Morgan fingerprint density at radius 3 is 1.78 bits per heavy atom. The highest BCUT2D eigenvalue weighted by molar-refractivity contribution is 6.32. The van der Waals surface area contributed by atoms with Crippen molar-refractivity contribution in [3.63, 3.8) is 0 Å². The first-order valence-electron chi connectivity index (χ1n) is 26.6. The summed E-state index contributed by atoms with van der Waals surface area (Å²) in [4.78, 5) is 103. The minimum atomic E-state index is -2.20. The number of carboxylic acid groups (broad SMARTS) is 1. The van der Waals surface area contributed by atoms with Gasteiger partial charge in [0.05, 0.1) is 29.2 Å². The number of aliphatic hydroxyl groups excluding tert-OH is 2. The summed E-state index contributed by atoms with van der Waals surface area (Å²) in [7, 11) is 0. The number of phenolic OH excluding ortho intramolecular Hbond substituents is 6. The van der Waals surface area contributed by atoms with Gasteiger partial charge in [-0.2, -0.15) is 0 Å². The van der Waals surface area contributed by atoms with Gasteiger partial charge in [0.25, 0.3) is 0 Å². The van der Waals surface area contributed by atoms with Gasteiger partial charge in [-0.1, -0.05) is 47.5 Å². The first kappa shape index (κ1) is 59.2. The number of carbonyl (C=O) groups excluding carboxylic acids is 6. The van der Waals surface area contributed by atoms with Crippen LogP contribution in [0, 0.1) is 0 Å². The van der Waals surface area contributed by atoms with Crippen LogP contribution in [0.1, 0.15) is 75.3 Å². The number of rotatable bonds is 2. The van der Waals surface area contributed by atoms with Crippen molar-refractivity contribution in [1.29, 1.82) is 0 Å². The number of nitrogens with one attached hydrogen (secondary N) is 7. The monoisotopic (exact) mass is 1240 g/mol. The minimum Gasteiger partial charge on any atom is -0.508 e. The average molecular weight is 1240 g/mol. The normalized spacial score (nSPS) is 22.0. The summed E-state index contributed by atoms with van der Waals surface area (Å²) in [6.45, 7) is -1.07. The van der Waals surface area contributed by atoms with Crippen LogP contribution in [0.4, 0.5) is 0 Å². The molecule has 6 heterocycles. The zero-order chi connectivity index (χ0) is 62.6. The number of amides is 6. The molecule has 28 heteroatoms. The van der Waals surface area contributed by atoms with Gasteiger partial charge in [-0.15, -0.1) is 0 Å². The SMILES string of the molecule is O=C1CN[C@@H](CO)c2ccc(O)c(c2)Oc2cc(O)cc(c2)[C@@H]2NC(=O)[C@@H](Cc3ccc(c(Cl)c3)Oc3cc4cc(c3O)Oc3ccc(cc3Cl)[C@@H](O)[C@@H]3NC(=O)[C@H](NC(=O)[C@@H]4NC2=O)c2ccc(O)c(c2)-c2c(O)cc(O)cc2[C@@H](C(=O)O)NC3=O)N1. The van der Waals surface area contributed by atoms with Crippen LogP contribution >= 0.6 is 23.2 Å². The molecule has 8 atom stereocenters. The summed E-state index contributed by atoms with van der Waals surface area (Å²) in [6.07, 6.45) is -2.47. The second kappa shape index (κ2) is 23.7. The van der Waals surface area contributed by atoms with E-state index in [2.05, 4.69) is 37.2 Å². The first-order valence-corrected chi connectivity index (χ1v) is 27.4. The number of phenols is 6. The van der Waals surface area contributed by atoms with Gasteiger partial charge in [-0.3, -0.25) is 34.1 Å². The van der Waals surface area contributed by atoms with Crippen LogP contribution in [-0.4, -0.2) is 113 Å². The molecular formula is C60H49Cl2N7O19. The molecule has 26 nitrogen and oxygen atoms in total. The zero-order valence-corrected chi connectivity index (χ0v) is 46.6. The van der Waals surface area contributed by atoms with E-state index in [9.17, 15) is 65.1 Å². The van der Waals surface area contributed by atoms with Crippen LogP contribution < -0.4 is 51.4 Å². The largest absolute Gasteiger partial charge is 0.508 e. The zero-order valence-electron chi connectivity index (χ0n) is 45.1. The van der Waals surface area contributed by atoms with Gasteiger partial charge < -0.3 is 92.1 Å². The number of halogens is 2. The topological polar surface area (TPSA) is 413 Å². The Morgan fingerprint density at radius 2 is 1.11 bits per heavy atom. The van der Waals surface area contributed by atoms with E-state index in [0.717, 1.165) is 60.7 Å². The standard InChI is InChI=1S/C60H49Cl2N7O19/c61-34-9-23-1-7-41(34)87-44-16-28-17-45(54(44)78)88-42-8-4-26(14-35(42)62)53(77)52-59(83)68-51(60(84)85)33-19-30(72)20-40(75)47(33)32-13-25(3-5-38(32)73)48(56(80)69-52)66-58(82)50(28)67-57(81)49-27-11-29(71)18-31(12-27)86-43-15-24(2-6-39(43)74)37(22-70)63-21-46(76)64-36(10-23)55(79)65-49/h1-9,11-20,36-37,48-53,63,70-75,77-78H,10,21-22H2,(H,64,76)(H,65,79)(H,66,82)(H,67,81)(H,68,83)(H,69,80)(H,84,85)/t36-,37+,48-,49+,50-,51+,52+,53-/m1/s1. The van der Waals surface area contributed by atoms with E-state index < -0.39 is 166 Å². The third-order valence-corrected chi connectivity index (χ3v) is 15.5. The van der Waals surface area contributed by atoms with Crippen LogP contribution in [0.5, 0.6) is 69.0 Å². The third kappa shape index (κ3) is 11.8. The van der Waals surface area contributed by atoms with Crippen molar-refractivity contribution in [2.45, 2.75) is 54.8 Å². The molecule has 7 aromatic carbocycles. The molecule has 16 N–H and O–H groups in total. The lowest BCUT2D eigenvalue weighted by molar-refractivity contribution is -0.143. The molecule has 88 heavy (non-hydrogen) atoms. The quantitative estimate of drug-likeness (QED) is 0.112. The van der Waals surface area contributed by atoms with Gasteiger partial charge in [0.2, 0.25) is 41.2 Å². The smallest absolute Gasteiger partial charge is 0.330 e. The molecule has 0 unspecified atom stereocenters. The molecule has 0 saturated carbocycles. The molecule has 0 aliphatic carbocycles. The van der Waals surface area contributed by atoms with Crippen LogP contribution in [-0.2, 0) is 40.0 Å². The number of carbonyl (C=O) groups is 7. The highest BCUT2D eigenvalue weighted by Crippen LogP contribution is 2.48. The van der Waals surface area contributed by atoms with Crippen LogP contribution in [0.15, 0.2) is 115 Å².